The zero-order valence-corrected chi connectivity index (χ0v) is 15.7. The van der Waals surface area contributed by atoms with E-state index in [0.717, 1.165) is 17.7 Å². The molecular formula is C21H23N3O3. The number of nitrogens with one attached hydrogen (secondary N) is 1. The number of carbonyl (C=O) groups is 1. The third-order valence-corrected chi connectivity index (χ3v) is 4.37. The molecule has 6 heteroatoms. The van der Waals surface area contributed by atoms with Crippen molar-refractivity contribution in [3.05, 3.63) is 60.0 Å². The molecule has 27 heavy (non-hydrogen) atoms. The number of rotatable bonds is 7. The van der Waals surface area contributed by atoms with Gasteiger partial charge in [-0.15, -0.1) is 0 Å². The summed E-state index contributed by atoms with van der Waals surface area (Å²) in [4.78, 5) is 16.3. The van der Waals surface area contributed by atoms with Crippen molar-refractivity contribution in [1.82, 2.24) is 10.1 Å². The molecule has 1 atom stereocenters. The highest BCUT2D eigenvalue weighted by atomic mass is 16.5. The standard InChI is InChI=1S/C21H23N3O3/c1-4-14(2)16-8-10-18(11-9-16)23-20(25)13-26-19-7-5-6-17(12-19)21-22-15(3)27-24-21/h5-12,14H,4,13H2,1-3H3,(H,23,25). The van der Waals surface area contributed by atoms with Crippen LogP contribution in [0.5, 0.6) is 5.75 Å². The topological polar surface area (TPSA) is 77.2 Å². The molecule has 1 N–H and O–H groups in total. The Morgan fingerprint density at radius 1 is 1.22 bits per heavy atom. The Morgan fingerprint density at radius 3 is 2.67 bits per heavy atom. The first kappa shape index (κ1) is 18.6. The predicted octanol–water partition coefficient (Wildman–Crippen LogP) is 4.58. The van der Waals surface area contributed by atoms with Crippen molar-refractivity contribution in [2.24, 2.45) is 0 Å². The zero-order chi connectivity index (χ0) is 19.2. The van der Waals surface area contributed by atoms with Gasteiger partial charge in [0, 0.05) is 18.2 Å². The molecule has 0 bridgehead atoms. The number of hydrogen-bond donors (Lipinski definition) is 1. The second-order valence-corrected chi connectivity index (χ2v) is 6.43. The van der Waals surface area contributed by atoms with E-state index >= 15 is 0 Å². The third-order valence-electron chi connectivity index (χ3n) is 4.37. The summed E-state index contributed by atoms with van der Waals surface area (Å²) in [6, 6.07) is 15.2. The van der Waals surface area contributed by atoms with Gasteiger partial charge in [-0.2, -0.15) is 4.98 Å². The SMILES string of the molecule is CCC(C)c1ccc(NC(=O)COc2cccc(-c3noc(C)n3)c2)cc1. The molecule has 140 valence electrons. The van der Waals surface area contributed by atoms with Crippen molar-refractivity contribution < 1.29 is 14.1 Å². The average molecular weight is 365 g/mol. The summed E-state index contributed by atoms with van der Waals surface area (Å²) in [5.74, 6) is 1.84. The Morgan fingerprint density at radius 2 is 2.00 bits per heavy atom. The molecule has 0 spiro atoms. The number of hydrogen-bond acceptors (Lipinski definition) is 5. The number of amides is 1. The molecule has 0 saturated carbocycles. The smallest absolute Gasteiger partial charge is 0.262 e. The van der Waals surface area contributed by atoms with Gasteiger partial charge >= 0.3 is 0 Å². The molecule has 6 nitrogen and oxygen atoms in total. The second-order valence-electron chi connectivity index (χ2n) is 6.43. The van der Waals surface area contributed by atoms with Crippen LogP contribution >= 0.6 is 0 Å². The molecule has 0 fully saturated rings. The van der Waals surface area contributed by atoms with Gasteiger partial charge in [-0.1, -0.05) is 43.3 Å². The molecule has 0 aliphatic carbocycles. The van der Waals surface area contributed by atoms with E-state index in [1.165, 1.54) is 5.56 Å². The van der Waals surface area contributed by atoms with Gasteiger partial charge in [0.05, 0.1) is 0 Å². The normalized spacial score (nSPS) is 11.8. The number of benzene rings is 2. The van der Waals surface area contributed by atoms with E-state index < -0.39 is 0 Å². The maximum absolute atomic E-state index is 12.1. The molecule has 0 aliphatic heterocycles. The molecule has 0 saturated heterocycles. The number of nitrogens with zero attached hydrogens (tertiary/aromatic N) is 2. The van der Waals surface area contributed by atoms with Gasteiger partial charge in [0.1, 0.15) is 5.75 Å². The van der Waals surface area contributed by atoms with Gasteiger partial charge in [0.15, 0.2) is 6.61 Å². The Kier molecular flexibility index (Phi) is 5.86. The van der Waals surface area contributed by atoms with E-state index in [1.54, 1.807) is 19.1 Å². The fourth-order valence-corrected chi connectivity index (χ4v) is 2.62. The Balaban J connectivity index is 1.56. The van der Waals surface area contributed by atoms with E-state index in [1.807, 2.05) is 36.4 Å². The number of aryl methyl sites for hydroxylation is 1. The Hall–Kier alpha value is -3.15. The molecule has 0 aliphatic rings. The minimum Gasteiger partial charge on any atom is -0.484 e. The molecule has 2 aromatic carbocycles. The fourth-order valence-electron chi connectivity index (χ4n) is 2.62. The van der Waals surface area contributed by atoms with Crippen LogP contribution in [0.2, 0.25) is 0 Å². The van der Waals surface area contributed by atoms with Crippen LogP contribution in [0.1, 0.15) is 37.6 Å². The van der Waals surface area contributed by atoms with E-state index in [0.29, 0.717) is 23.4 Å². The number of ether oxygens (including phenoxy) is 1. The highest BCUT2D eigenvalue weighted by Crippen LogP contribution is 2.22. The van der Waals surface area contributed by atoms with Crippen LogP contribution < -0.4 is 10.1 Å². The first-order valence-electron chi connectivity index (χ1n) is 8.98. The van der Waals surface area contributed by atoms with Gasteiger partial charge < -0.3 is 14.6 Å². The summed E-state index contributed by atoms with van der Waals surface area (Å²) in [6.07, 6.45) is 1.09. The lowest BCUT2D eigenvalue weighted by molar-refractivity contribution is -0.118. The van der Waals surface area contributed by atoms with Crippen molar-refractivity contribution in [2.75, 3.05) is 11.9 Å². The van der Waals surface area contributed by atoms with Gasteiger partial charge in [-0.3, -0.25) is 4.79 Å². The molecule has 1 amide bonds. The van der Waals surface area contributed by atoms with Crippen LogP contribution in [0.4, 0.5) is 5.69 Å². The Bertz CT molecular complexity index is 903. The minimum atomic E-state index is -0.216. The highest BCUT2D eigenvalue weighted by molar-refractivity contribution is 5.91. The summed E-state index contributed by atoms with van der Waals surface area (Å²) >= 11 is 0. The average Bonchev–Trinajstić information content (AvgIpc) is 3.13. The van der Waals surface area contributed by atoms with E-state index in [2.05, 4.69) is 29.3 Å². The number of carbonyl (C=O) groups excluding carboxylic acids is 1. The third kappa shape index (κ3) is 4.94. The van der Waals surface area contributed by atoms with Crippen LogP contribution in [-0.2, 0) is 4.79 Å². The molecule has 0 radical (unpaired) electrons. The maximum Gasteiger partial charge on any atom is 0.262 e. The maximum atomic E-state index is 12.1. The molecule has 1 unspecified atom stereocenters. The number of anilines is 1. The van der Waals surface area contributed by atoms with Crippen LogP contribution in [0.25, 0.3) is 11.4 Å². The first-order valence-corrected chi connectivity index (χ1v) is 8.98. The summed E-state index contributed by atoms with van der Waals surface area (Å²) < 4.78 is 10.6. The first-order chi connectivity index (χ1) is 13.0. The molecule has 3 aromatic rings. The quantitative estimate of drug-likeness (QED) is 0.663. The lowest BCUT2D eigenvalue weighted by atomic mass is 9.99. The summed E-state index contributed by atoms with van der Waals surface area (Å²) in [7, 11) is 0. The van der Waals surface area contributed by atoms with Crippen molar-refractivity contribution in [3.63, 3.8) is 0 Å². The lowest BCUT2D eigenvalue weighted by Crippen LogP contribution is -2.20. The summed E-state index contributed by atoms with van der Waals surface area (Å²) in [5, 5.41) is 6.73. The van der Waals surface area contributed by atoms with Crippen molar-refractivity contribution in [3.8, 4) is 17.1 Å². The van der Waals surface area contributed by atoms with Gasteiger partial charge in [-0.05, 0) is 42.2 Å². The van der Waals surface area contributed by atoms with Gasteiger partial charge in [-0.25, -0.2) is 0 Å². The molecule has 1 heterocycles. The van der Waals surface area contributed by atoms with Crippen LogP contribution in [-0.4, -0.2) is 22.7 Å². The second kappa shape index (κ2) is 8.49. The largest absolute Gasteiger partial charge is 0.484 e. The van der Waals surface area contributed by atoms with Crippen LogP contribution in [0.15, 0.2) is 53.1 Å². The van der Waals surface area contributed by atoms with E-state index in [9.17, 15) is 4.79 Å². The van der Waals surface area contributed by atoms with Crippen LogP contribution in [0.3, 0.4) is 0 Å². The van der Waals surface area contributed by atoms with Gasteiger partial charge in [0.2, 0.25) is 11.7 Å². The number of aromatic nitrogens is 2. The highest BCUT2D eigenvalue weighted by Gasteiger charge is 2.09. The van der Waals surface area contributed by atoms with Gasteiger partial charge in [0.25, 0.3) is 5.91 Å². The minimum absolute atomic E-state index is 0.0815. The predicted molar refractivity (Wildman–Crippen MR) is 104 cm³/mol. The van der Waals surface area contributed by atoms with E-state index in [4.69, 9.17) is 9.26 Å². The summed E-state index contributed by atoms with van der Waals surface area (Å²) in [6.45, 7) is 6.00. The zero-order valence-electron chi connectivity index (χ0n) is 15.7. The fraction of sp³-hybridized carbons (Fsp3) is 0.286. The van der Waals surface area contributed by atoms with Crippen LogP contribution in [0, 0.1) is 6.92 Å². The Labute approximate surface area is 158 Å². The molecular weight excluding hydrogens is 342 g/mol. The van der Waals surface area contributed by atoms with E-state index in [-0.39, 0.29) is 12.5 Å². The van der Waals surface area contributed by atoms with Crippen molar-refractivity contribution in [2.45, 2.75) is 33.1 Å². The van der Waals surface area contributed by atoms with Crippen molar-refractivity contribution in [1.29, 1.82) is 0 Å². The monoisotopic (exact) mass is 365 g/mol. The summed E-state index contributed by atoms with van der Waals surface area (Å²) in [5.41, 5.74) is 2.79. The molecule has 1 aromatic heterocycles. The lowest BCUT2D eigenvalue weighted by Gasteiger charge is -2.11. The molecule has 3 rings (SSSR count). The van der Waals surface area contributed by atoms with Crippen molar-refractivity contribution >= 4 is 11.6 Å².